The van der Waals surface area contributed by atoms with Crippen LogP contribution in [0.25, 0.3) is 5.82 Å². The number of ether oxygens (including phenoxy) is 1. The third-order valence-electron chi connectivity index (χ3n) is 5.49. The van der Waals surface area contributed by atoms with Crippen LogP contribution in [0.15, 0.2) is 52.2 Å². The molecule has 0 radical (unpaired) electrons. The third kappa shape index (κ3) is 4.00. The zero-order valence-corrected chi connectivity index (χ0v) is 18.5. The summed E-state index contributed by atoms with van der Waals surface area (Å²) in [5, 5.41) is 8.96. The average Bonchev–Trinajstić information content (AvgIpc) is 3.12. The topological polar surface area (TPSA) is 99.3 Å². The van der Waals surface area contributed by atoms with E-state index >= 15 is 0 Å². The fraction of sp³-hybridized carbons (Fsp3) is 0.381. The first kappa shape index (κ1) is 21.3. The molecule has 0 unspecified atom stereocenters. The monoisotopic (exact) mass is 443 g/mol. The second-order valence-corrected chi connectivity index (χ2v) is 9.51. The molecule has 0 amide bonds. The van der Waals surface area contributed by atoms with Crippen LogP contribution in [0.1, 0.15) is 30.3 Å². The van der Waals surface area contributed by atoms with Crippen LogP contribution in [0.2, 0.25) is 0 Å². The van der Waals surface area contributed by atoms with Crippen LogP contribution in [0, 0.1) is 13.8 Å². The SMILES string of the molecule is COc1ccccc1S(=O)(=O)N1CCC(n2nc(-n3nc(C)cc3C)ccc2=O)CC1. The number of aromatic nitrogens is 4. The maximum atomic E-state index is 13.1. The average molecular weight is 444 g/mol. The number of nitrogens with zero attached hydrogens (tertiary/aromatic N) is 5. The molecule has 0 bridgehead atoms. The van der Waals surface area contributed by atoms with Crippen LogP contribution in [-0.4, -0.2) is 52.5 Å². The minimum absolute atomic E-state index is 0.151. The van der Waals surface area contributed by atoms with Crippen LogP contribution in [-0.2, 0) is 10.0 Å². The molecule has 0 spiro atoms. The molecule has 2 aromatic heterocycles. The van der Waals surface area contributed by atoms with E-state index in [1.54, 1.807) is 35.0 Å². The van der Waals surface area contributed by atoms with Crippen molar-refractivity contribution in [3.8, 4) is 11.6 Å². The second kappa shape index (κ2) is 8.27. The minimum Gasteiger partial charge on any atom is -0.495 e. The molecule has 0 atom stereocenters. The molecule has 3 aromatic rings. The Morgan fingerprint density at radius 3 is 2.39 bits per heavy atom. The van der Waals surface area contributed by atoms with Crippen LogP contribution < -0.4 is 10.3 Å². The van der Waals surface area contributed by atoms with Gasteiger partial charge in [-0.3, -0.25) is 4.79 Å². The Morgan fingerprint density at radius 2 is 1.74 bits per heavy atom. The van der Waals surface area contributed by atoms with Crippen LogP contribution in [0.4, 0.5) is 0 Å². The molecular formula is C21H25N5O4S. The van der Waals surface area contributed by atoms with Gasteiger partial charge in [-0.2, -0.15) is 9.40 Å². The highest BCUT2D eigenvalue weighted by Crippen LogP contribution is 2.30. The predicted octanol–water partition coefficient (Wildman–Crippen LogP) is 2.08. The molecular weight excluding hydrogens is 418 g/mol. The summed E-state index contributed by atoms with van der Waals surface area (Å²) in [7, 11) is -2.24. The van der Waals surface area contributed by atoms with Crippen molar-refractivity contribution in [2.24, 2.45) is 0 Å². The zero-order valence-electron chi connectivity index (χ0n) is 17.7. The fourth-order valence-corrected chi connectivity index (χ4v) is 5.57. The van der Waals surface area contributed by atoms with Gasteiger partial charge in [-0.25, -0.2) is 17.8 Å². The first-order valence-corrected chi connectivity index (χ1v) is 11.5. The molecule has 164 valence electrons. The van der Waals surface area contributed by atoms with Gasteiger partial charge in [0.1, 0.15) is 10.6 Å². The van der Waals surface area contributed by atoms with E-state index < -0.39 is 10.0 Å². The van der Waals surface area contributed by atoms with Crippen molar-refractivity contribution in [3.05, 3.63) is 64.2 Å². The largest absolute Gasteiger partial charge is 0.495 e. The summed E-state index contributed by atoms with van der Waals surface area (Å²) in [4.78, 5) is 12.6. The molecule has 31 heavy (non-hydrogen) atoms. The number of aryl methyl sites for hydroxylation is 2. The van der Waals surface area contributed by atoms with E-state index in [1.165, 1.54) is 22.2 Å². The van der Waals surface area contributed by atoms with E-state index in [1.807, 2.05) is 19.9 Å². The smallest absolute Gasteiger partial charge is 0.267 e. The van der Waals surface area contributed by atoms with Crippen LogP contribution in [0.5, 0.6) is 5.75 Å². The highest BCUT2D eigenvalue weighted by molar-refractivity contribution is 7.89. The number of hydrogen-bond acceptors (Lipinski definition) is 6. The maximum absolute atomic E-state index is 13.1. The Hall–Kier alpha value is -2.98. The van der Waals surface area contributed by atoms with Crippen molar-refractivity contribution in [2.75, 3.05) is 20.2 Å². The van der Waals surface area contributed by atoms with Gasteiger partial charge in [0.15, 0.2) is 5.82 Å². The molecule has 3 heterocycles. The van der Waals surface area contributed by atoms with E-state index in [4.69, 9.17) is 4.74 Å². The third-order valence-corrected chi connectivity index (χ3v) is 7.43. The molecule has 1 fully saturated rings. The molecule has 10 heteroatoms. The van der Waals surface area contributed by atoms with Gasteiger partial charge in [0, 0.05) is 24.8 Å². The van der Waals surface area contributed by atoms with Gasteiger partial charge < -0.3 is 4.74 Å². The van der Waals surface area contributed by atoms with Gasteiger partial charge in [0.2, 0.25) is 10.0 Å². The summed E-state index contributed by atoms with van der Waals surface area (Å²) < 4.78 is 36.0. The van der Waals surface area contributed by atoms with Gasteiger partial charge in [0.05, 0.1) is 18.8 Å². The standard InChI is InChI=1S/C21H25N5O4S/c1-15-14-16(2)25(22-15)20-8-9-21(27)26(23-20)17-10-12-24(13-11-17)31(28,29)19-7-5-4-6-18(19)30-3/h4-9,14,17H,10-13H2,1-3H3. The van der Waals surface area contributed by atoms with Gasteiger partial charge in [-0.15, -0.1) is 5.10 Å². The van der Waals surface area contributed by atoms with Crippen molar-refractivity contribution >= 4 is 10.0 Å². The lowest BCUT2D eigenvalue weighted by atomic mass is 10.1. The molecule has 0 N–H and O–H groups in total. The molecule has 0 saturated carbocycles. The Bertz CT molecular complexity index is 1260. The van der Waals surface area contributed by atoms with Crippen molar-refractivity contribution in [3.63, 3.8) is 0 Å². The molecule has 0 aliphatic carbocycles. The van der Waals surface area contributed by atoms with E-state index in [0.29, 0.717) is 37.5 Å². The number of hydrogen-bond donors (Lipinski definition) is 0. The summed E-state index contributed by atoms with van der Waals surface area (Å²) in [5.74, 6) is 0.884. The number of piperidine rings is 1. The number of para-hydroxylation sites is 1. The lowest BCUT2D eigenvalue weighted by Crippen LogP contribution is -2.41. The summed E-state index contributed by atoms with van der Waals surface area (Å²) in [5.41, 5.74) is 1.58. The molecule has 9 nitrogen and oxygen atoms in total. The van der Waals surface area contributed by atoms with Crippen molar-refractivity contribution in [2.45, 2.75) is 37.6 Å². The normalized spacial score (nSPS) is 15.8. The van der Waals surface area contributed by atoms with E-state index in [9.17, 15) is 13.2 Å². The van der Waals surface area contributed by atoms with E-state index in [0.717, 1.165) is 11.4 Å². The molecule has 4 rings (SSSR count). The predicted molar refractivity (Wildman–Crippen MR) is 115 cm³/mol. The first-order chi connectivity index (χ1) is 14.8. The quantitative estimate of drug-likeness (QED) is 0.599. The number of benzene rings is 1. The van der Waals surface area contributed by atoms with Gasteiger partial charge in [-0.05, 0) is 51.0 Å². The zero-order chi connectivity index (χ0) is 22.2. The molecule has 1 saturated heterocycles. The Balaban J connectivity index is 1.56. The van der Waals surface area contributed by atoms with Crippen molar-refractivity contribution < 1.29 is 13.2 Å². The highest BCUT2D eigenvalue weighted by Gasteiger charge is 2.32. The van der Waals surface area contributed by atoms with Gasteiger partial charge in [0.25, 0.3) is 5.56 Å². The molecule has 1 aromatic carbocycles. The second-order valence-electron chi connectivity index (χ2n) is 7.60. The maximum Gasteiger partial charge on any atom is 0.267 e. The fourth-order valence-electron chi connectivity index (χ4n) is 3.95. The summed E-state index contributed by atoms with van der Waals surface area (Å²) in [6.45, 7) is 4.42. The Labute approximate surface area is 180 Å². The van der Waals surface area contributed by atoms with Crippen molar-refractivity contribution in [1.29, 1.82) is 0 Å². The Kier molecular flexibility index (Phi) is 5.67. The highest BCUT2D eigenvalue weighted by atomic mass is 32.2. The lowest BCUT2D eigenvalue weighted by Gasteiger charge is -2.31. The van der Waals surface area contributed by atoms with Crippen LogP contribution >= 0.6 is 0 Å². The summed E-state index contributed by atoms with van der Waals surface area (Å²) in [6, 6.07) is 11.5. The Morgan fingerprint density at radius 1 is 1.03 bits per heavy atom. The summed E-state index contributed by atoms with van der Waals surface area (Å²) in [6.07, 6.45) is 0.976. The number of rotatable bonds is 5. The molecule has 1 aliphatic rings. The van der Waals surface area contributed by atoms with Gasteiger partial charge in [-0.1, -0.05) is 12.1 Å². The first-order valence-electron chi connectivity index (χ1n) is 10.1. The van der Waals surface area contributed by atoms with E-state index in [-0.39, 0.29) is 16.5 Å². The van der Waals surface area contributed by atoms with Gasteiger partial charge >= 0.3 is 0 Å². The summed E-state index contributed by atoms with van der Waals surface area (Å²) >= 11 is 0. The molecule has 1 aliphatic heterocycles. The number of methoxy groups -OCH3 is 1. The number of sulfonamides is 1. The lowest BCUT2D eigenvalue weighted by molar-refractivity contribution is 0.254. The van der Waals surface area contributed by atoms with Crippen LogP contribution in [0.3, 0.4) is 0 Å². The van der Waals surface area contributed by atoms with E-state index in [2.05, 4.69) is 10.2 Å². The van der Waals surface area contributed by atoms with Crippen molar-refractivity contribution in [1.82, 2.24) is 23.9 Å². The minimum atomic E-state index is -3.69.